The Morgan fingerprint density at radius 3 is 2.41 bits per heavy atom. The highest BCUT2D eigenvalue weighted by atomic mass is 16.4. The Morgan fingerprint density at radius 1 is 1.35 bits per heavy atom. The number of carbonyl (C=O) groups excluding carboxylic acids is 2. The first kappa shape index (κ1) is 13.4. The predicted molar refractivity (Wildman–Crippen MR) is 59.1 cm³/mol. The zero-order valence-electron chi connectivity index (χ0n) is 9.76. The van der Waals surface area contributed by atoms with E-state index < -0.39 is 23.8 Å². The number of rotatable bonds is 5. The van der Waals surface area contributed by atoms with E-state index in [1.165, 1.54) is 9.80 Å². The van der Waals surface area contributed by atoms with Crippen LogP contribution in [0.4, 0.5) is 0 Å². The van der Waals surface area contributed by atoms with Crippen molar-refractivity contribution in [3.63, 3.8) is 0 Å². The van der Waals surface area contributed by atoms with E-state index in [2.05, 4.69) is 0 Å². The fourth-order valence-electron chi connectivity index (χ4n) is 1.69. The molecule has 0 aromatic heterocycles. The van der Waals surface area contributed by atoms with Crippen molar-refractivity contribution >= 4 is 17.8 Å². The van der Waals surface area contributed by atoms with E-state index in [1.54, 1.807) is 0 Å². The molecule has 96 valence electrons. The third kappa shape index (κ3) is 3.16. The smallest absolute Gasteiger partial charge is 0.322 e. The molecule has 0 aromatic carbocycles. The first-order valence-electron chi connectivity index (χ1n) is 5.54. The molecule has 3 N–H and O–H groups in total. The van der Waals surface area contributed by atoms with Crippen molar-refractivity contribution in [3.8, 4) is 0 Å². The van der Waals surface area contributed by atoms with Crippen LogP contribution in [0, 0.1) is 0 Å². The van der Waals surface area contributed by atoms with Gasteiger partial charge in [0, 0.05) is 26.2 Å². The van der Waals surface area contributed by atoms with Gasteiger partial charge in [0.1, 0.15) is 6.04 Å². The molecule has 0 spiro atoms. The average Bonchev–Trinajstić information content (AvgIpc) is 2.28. The maximum absolute atomic E-state index is 11.7. The molecule has 1 aliphatic rings. The zero-order valence-corrected chi connectivity index (χ0v) is 9.76. The molecule has 0 radical (unpaired) electrons. The van der Waals surface area contributed by atoms with Crippen LogP contribution >= 0.6 is 0 Å². The van der Waals surface area contributed by atoms with Crippen LogP contribution in [0.2, 0.25) is 0 Å². The molecule has 0 aliphatic carbocycles. The number of carboxylic acid groups (broad SMARTS) is 1. The fourth-order valence-corrected chi connectivity index (χ4v) is 1.69. The summed E-state index contributed by atoms with van der Waals surface area (Å²) in [7, 11) is 0. The number of carbonyl (C=O) groups is 3. The quantitative estimate of drug-likeness (QED) is 0.571. The van der Waals surface area contributed by atoms with Crippen molar-refractivity contribution in [3.05, 3.63) is 0 Å². The summed E-state index contributed by atoms with van der Waals surface area (Å²) in [5, 5.41) is 8.64. The van der Waals surface area contributed by atoms with Gasteiger partial charge in [0.25, 0.3) is 0 Å². The second-order valence-corrected chi connectivity index (χ2v) is 3.99. The van der Waals surface area contributed by atoms with Gasteiger partial charge in [-0.15, -0.1) is 0 Å². The third-order valence-electron chi connectivity index (χ3n) is 2.63. The lowest BCUT2D eigenvalue weighted by molar-refractivity contribution is -0.156. The third-order valence-corrected chi connectivity index (χ3v) is 2.63. The molecule has 0 aromatic rings. The molecule has 1 fully saturated rings. The van der Waals surface area contributed by atoms with Crippen LogP contribution in [0.5, 0.6) is 0 Å². The lowest BCUT2D eigenvalue weighted by Gasteiger charge is -2.34. The molecular formula is C10H17N3O4. The molecule has 17 heavy (non-hydrogen) atoms. The highest BCUT2D eigenvalue weighted by Crippen LogP contribution is 2.06. The number of nitrogens with zero attached hydrogens (tertiary/aromatic N) is 2. The normalized spacial score (nSPS) is 18.5. The Labute approximate surface area is 99.2 Å². The van der Waals surface area contributed by atoms with E-state index in [0.717, 1.165) is 6.42 Å². The number of carboxylic acids is 1. The highest BCUT2D eigenvalue weighted by molar-refractivity contribution is 6.35. The zero-order chi connectivity index (χ0) is 13.0. The number of nitrogens with two attached hydrogens (primary N) is 1. The number of hydrogen-bond acceptors (Lipinski definition) is 4. The minimum absolute atomic E-state index is 0.125. The van der Waals surface area contributed by atoms with Crippen LogP contribution in [0.1, 0.15) is 13.3 Å². The summed E-state index contributed by atoms with van der Waals surface area (Å²) >= 11 is 0. The molecule has 1 unspecified atom stereocenters. The number of piperazine rings is 1. The van der Waals surface area contributed by atoms with E-state index in [9.17, 15) is 14.4 Å². The van der Waals surface area contributed by atoms with Gasteiger partial charge in [-0.05, 0) is 6.42 Å². The molecule has 1 saturated heterocycles. The van der Waals surface area contributed by atoms with Gasteiger partial charge in [-0.25, -0.2) is 0 Å². The highest BCUT2D eigenvalue weighted by Gasteiger charge is 2.33. The second-order valence-electron chi connectivity index (χ2n) is 3.99. The molecule has 1 atom stereocenters. The van der Waals surface area contributed by atoms with E-state index in [1.807, 2.05) is 6.92 Å². The summed E-state index contributed by atoms with van der Waals surface area (Å²) in [5.41, 5.74) is 5.33. The van der Waals surface area contributed by atoms with Gasteiger partial charge < -0.3 is 20.6 Å². The summed E-state index contributed by atoms with van der Waals surface area (Å²) in [6.07, 6.45) is 0.785. The van der Waals surface area contributed by atoms with Crippen LogP contribution in [0.25, 0.3) is 0 Å². The molecular weight excluding hydrogens is 226 g/mol. The van der Waals surface area contributed by atoms with Crippen LogP contribution in [-0.4, -0.2) is 64.9 Å². The summed E-state index contributed by atoms with van der Waals surface area (Å²) in [6, 6.07) is -1.15. The standard InChI is InChI=1S/C10H17N3O4/c1-2-3-12-4-5-13(9(15)8(12)14)6-7(11)10(16)17/h7H,2-6,11H2,1H3,(H,16,17). The van der Waals surface area contributed by atoms with Crippen molar-refractivity contribution in [2.75, 3.05) is 26.2 Å². The maximum atomic E-state index is 11.7. The van der Waals surface area contributed by atoms with Gasteiger partial charge in [-0.1, -0.05) is 6.92 Å². The average molecular weight is 243 g/mol. The van der Waals surface area contributed by atoms with Gasteiger partial charge in [0.05, 0.1) is 0 Å². The molecule has 7 heteroatoms. The fraction of sp³-hybridized carbons (Fsp3) is 0.700. The van der Waals surface area contributed by atoms with Gasteiger partial charge in [-0.3, -0.25) is 14.4 Å². The molecule has 2 amide bonds. The Kier molecular flexibility index (Phi) is 4.45. The summed E-state index contributed by atoms with van der Waals surface area (Å²) in [5.74, 6) is -2.42. The van der Waals surface area contributed by atoms with Crippen molar-refractivity contribution in [2.45, 2.75) is 19.4 Å². The summed E-state index contributed by atoms with van der Waals surface area (Å²) < 4.78 is 0. The molecule has 0 saturated carbocycles. The molecule has 1 rings (SSSR count). The molecule has 1 heterocycles. The van der Waals surface area contributed by atoms with Crippen LogP contribution in [-0.2, 0) is 14.4 Å². The van der Waals surface area contributed by atoms with Crippen molar-refractivity contribution in [1.82, 2.24) is 9.80 Å². The summed E-state index contributed by atoms with van der Waals surface area (Å²) in [4.78, 5) is 36.5. The molecule has 1 aliphatic heterocycles. The topological polar surface area (TPSA) is 104 Å². The van der Waals surface area contributed by atoms with E-state index in [4.69, 9.17) is 10.8 Å². The number of hydrogen-bond donors (Lipinski definition) is 2. The Morgan fingerprint density at radius 2 is 1.88 bits per heavy atom. The Balaban J connectivity index is 2.59. The monoisotopic (exact) mass is 243 g/mol. The van der Waals surface area contributed by atoms with Crippen LogP contribution in [0.15, 0.2) is 0 Å². The maximum Gasteiger partial charge on any atom is 0.322 e. The molecule has 0 bridgehead atoms. The SMILES string of the molecule is CCCN1CCN(CC(N)C(=O)O)C(=O)C1=O. The minimum Gasteiger partial charge on any atom is -0.480 e. The van der Waals surface area contributed by atoms with Gasteiger partial charge in [0.15, 0.2) is 0 Å². The van der Waals surface area contributed by atoms with Crippen molar-refractivity contribution in [1.29, 1.82) is 0 Å². The van der Waals surface area contributed by atoms with Crippen molar-refractivity contribution < 1.29 is 19.5 Å². The van der Waals surface area contributed by atoms with E-state index in [-0.39, 0.29) is 6.54 Å². The second kappa shape index (κ2) is 5.62. The van der Waals surface area contributed by atoms with Crippen LogP contribution < -0.4 is 5.73 Å². The van der Waals surface area contributed by atoms with E-state index in [0.29, 0.717) is 19.6 Å². The first-order valence-corrected chi connectivity index (χ1v) is 5.54. The van der Waals surface area contributed by atoms with E-state index >= 15 is 0 Å². The van der Waals surface area contributed by atoms with Gasteiger partial charge >= 0.3 is 17.8 Å². The lowest BCUT2D eigenvalue weighted by Crippen LogP contribution is -2.57. The first-order chi connectivity index (χ1) is 7.97. The summed E-state index contributed by atoms with van der Waals surface area (Å²) in [6.45, 7) is 3.12. The lowest BCUT2D eigenvalue weighted by atomic mass is 10.2. The van der Waals surface area contributed by atoms with Crippen LogP contribution in [0.3, 0.4) is 0 Å². The Bertz CT molecular complexity index is 332. The van der Waals surface area contributed by atoms with Gasteiger partial charge in [0.2, 0.25) is 0 Å². The van der Waals surface area contributed by atoms with Gasteiger partial charge in [-0.2, -0.15) is 0 Å². The Hall–Kier alpha value is -1.63. The largest absolute Gasteiger partial charge is 0.480 e. The molecule has 7 nitrogen and oxygen atoms in total. The minimum atomic E-state index is -1.18. The predicted octanol–water partition coefficient (Wildman–Crippen LogP) is -1.52. The number of amides is 2. The number of aliphatic carboxylic acids is 1. The van der Waals surface area contributed by atoms with Crippen molar-refractivity contribution in [2.24, 2.45) is 5.73 Å².